The predicted molar refractivity (Wildman–Crippen MR) is 82.0 cm³/mol. The summed E-state index contributed by atoms with van der Waals surface area (Å²) in [6.45, 7) is 1.21. The van der Waals surface area contributed by atoms with Crippen LogP contribution in [0, 0.1) is 12.7 Å². The smallest absolute Gasteiger partial charge is 0.261 e. The van der Waals surface area contributed by atoms with Crippen LogP contribution in [0.1, 0.15) is 11.1 Å². The van der Waals surface area contributed by atoms with Gasteiger partial charge in [0.1, 0.15) is 5.82 Å². The highest BCUT2D eigenvalue weighted by atomic mass is 79.9. The van der Waals surface area contributed by atoms with Crippen molar-refractivity contribution in [1.82, 2.24) is 0 Å². The highest BCUT2D eigenvalue weighted by Gasteiger charge is 2.17. The third kappa shape index (κ3) is 3.42. The summed E-state index contributed by atoms with van der Waals surface area (Å²) in [6, 6.07) is 8.44. The third-order valence-corrected chi connectivity index (χ3v) is 5.23. The van der Waals surface area contributed by atoms with Gasteiger partial charge in [-0.25, -0.2) is 12.8 Å². The monoisotopic (exact) mass is 373 g/mol. The van der Waals surface area contributed by atoms with Crippen LogP contribution in [0.15, 0.2) is 45.8 Å². The number of hydrogen-bond acceptors (Lipinski definition) is 3. The minimum absolute atomic E-state index is 0.0659. The van der Waals surface area contributed by atoms with Crippen LogP contribution in [0.25, 0.3) is 0 Å². The first kappa shape index (κ1) is 15.9. The lowest BCUT2D eigenvalue weighted by Gasteiger charge is -2.12. The van der Waals surface area contributed by atoms with E-state index in [0.717, 1.165) is 28.2 Å². The van der Waals surface area contributed by atoms with Gasteiger partial charge in [0.05, 0.1) is 17.2 Å². The van der Waals surface area contributed by atoms with Crippen molar-refractivity contribution < 1.29 is 17.9 Å². The number of halogens is 2. The second-order valence-corrected chi connectivity index (χ2v) is 6.97. The molecule has 0 bridgehead atoms. The molecule has 0 fully saturated rings. The zero-order valence-electron chi connectivity index (χ0n) is 11.1. The van der Waals surface area contributed by atoms with Crippen LogP contribution < -0.4 is 4.72 Å². The van der Waals surface area contributed by atoms with Gasteiger partial charge in [-0.1, -0.05) is 22.0 Å². The molecule has 0 aromatic heterocycles. The summed E-state index contributed by atoms with van der Waals surface area (Å²) in [7, 11) is -3.85. The van der Waals surface area contributed by atoms with E-state index in [2.05, 4.69) is 20.7 Å². The van der Waals surface area contributed by atoms with E-state index >= 15 is 0 Å². The predicted octanol–water partition coefficient (Wildman–Crippen LogP) is 3.19. The molecule has 0 radical (unpaired) electrons. The average Bonchev–Trinajstić information content (AvgIpc) is 2.44. The van der Waals surface area contributed by atoms with E-state index in [0.29, 0.717) is 5.69 Å². The van der Waals surface area contributed by atoms with E-state index < -0.39 is 22.4 Å². The van der Waals surface area contributed by atoms with E-state index in [1.165, 1.54) is 0 Å². The Bertz CT molecular complexity index is 778. The maximum atomic E-state index is 13.3. The maximum Gasteiger partial charge on any atom is 0.261 e. The van der Waals surface area contributed by atoms with Gasteiger partial charge in [-0.15, -0.1) is 0 Å². The number of rotatable bonds is 4. The third-order valence-electron chi connectivity index (χ3n) is 3.01. The van der Waals surface area contributed by atoms with Gasteiger partial charge >= 0.3 is 0 Å². The van der Waals surface area contributed by atoms with Crippen LogP contribution in [-0.2, 0) is 16.6 Å². The summed E-state index contributed by atoms with van der Waals surface area (Å²) in [5.41, 5.74) is 1.11. The summed E-state index contributed by atoms with van der Waals surface area (Å²) in [4.78, 5) is -0.104. The topological polar surface area (TPSA) is 66.4 Å². The minimum Gasteiger partial charge on any atom is -0.392 e. The van der Waals surface area contributed by atoms with Crippen molar-refractivity contribution in [3.05, 3.63) is 57.8 Å². The summed E-state index contributed by atoms with van der Waals surface area (Å²) >= 11 is 3.32. The molecule has 0 saturated heterocycles. The summed E-state index contributed by atoms with van der Waals surface area (Å²) in [6.07, 6.45) is 0. The molecule has 2 N–H and O–H groups in total. The molecule has 21 heavy (non-hydrogen) atoms. The number of nitrogens with one attached hydrogen (secondary N) is 1. The summed E-state index contributed by atoms with van der Waals surface area (Å²) < 4.78 is 41.2. The molecule has 0 amide bonds. The SMILES string of the molecule is Cc1c(Br)cccc1NS(=O)(=O)c1ccc(F)c(CO)c1. The maximum absolute atomic E-state index is 13.3. The molecular weight excluding hydrogens is 361 g/mol. The molecule has 0 atom stereocenters. The molecule has 112 valence electrons. The van der Waals surface area contributed by atoms with Crippen LogP contribution in [0.2, 0.25) is 0 Å². The zero-order valence-corrected chi connectivity index (χ0v) is 13.5. The van der Waals surface area contributed by atoms with Crippen molar-refractivity contribution in [1.29, 1.82) is 0 Å². The molecule has 0 aliphatic rings. The van der Waals surface area contributed by atoms with Crippen molar-refractivity contribution in [3.8, 4) is 0 Å². The number of aliphatic hydroxyl groups excluding tert-OH is 1. The van der Waals surface area contributed by atoms with Gasteiger partial charge in [0.15, 0.2) is 0 Å². The molecule has 7 heteroatoms. The molecular formula is C14H13BrFNO3S. The molecule has 0 heterocycles. The lowest BCUT2D eigenvalue weighted by atomic mass is 10.2. The Morgan fingerprint density at radius 3 is 2.67 bits per heavy atom. The number of aliphatic hydroxyl groups is 1. The van der Waals surface area contributed by atoms with E-state index in [1.807, 2.05) is 0 Å². The normalized spacial score (nSPS) is 11.4. The molecule has 2 rings (SSSR count). The van der Waals surface area contributed by atoms with E-state index in [-0.39, 0.29) is 10.5 Å². The quantitative estimate of drug-likeness (QED) is 0.864. The zero-order chi connectivity index (χ0) is 15.6. The number of benzene rings is 2. The van der Waals surface area contributed by atoms with Crippen LogP contribution in [0.5, 0.6) is 0 Å². The molecule has 0 aliphatic heterocycles. The molecule has 0 spiro atoms. The Kier molecular flexibility index (Phi) is 4.65. The largest absolute Gasteiger partial charge is 0.392 e. The summed E-state index contributed by atoms with van der Waals surface area (Å²) in [5, 5.41) is 9.02. The van der Waals surface area contributed by atoms with Crippen molar-refractivity contribution in [2.24, 2.45) is 0 Å². The van der Waals surface area contributed by atoms with Crippen molar-refractivity contribution in [2.75, 3.05) is 4.72 Å². The molecule has 0 aliphatic carbocycles. The van der Waals surface area contributed by atoms with E-state index in [9.17, 15) is 12.8 Å². The first-order chi connectivity index (χ1) is 9.85. The Morgan fingerprint density at radius 1 is 1.29 bits per heavy atom. The van der Waals surface area contributed by atoms with Crippen molar-refractivity contribution in [3.63, 3.8) is 0 Å². The Morgan fingerprint density at radius 2 is 2.00 bits per heavy atom. The highest BCUT2D eigenvalue weighted by Crippen LogP contribution is 2.26. The second kappa shape index (κ2) is 6.13. The highest BCUT2D eigenvalue weighted by molar-refractivity contribution is 9.10. The number of hydrogen-bond donors (Lipinski definition) is 2. The van der Waals surface area contributed by atoms with E-state index in [1.54, 1.807) is 25.1 Å². The second-order valence-electron chi connectivity index (χ2n) is 4.43. The van der Waals surface area contributed by atoms with Crippen molar-refractivity contribution >= 4 is 31.6 Å². The Hall–Kier alpha value is -1.44. The molecule has 0 saturated carbocycles. The Labute approximate surface area is 130 Å². The fraction of sp³-hybridized carbons (Fsp3) is 0.143. The van der Waals surface area contributed by atoms with Gasteiger partial charge < -0.3 is 5.11 Å². The van der Waals surface area contributed by atoms with Crippen LogP contribution >= 0.6 is 15.9 Å². The molecule has 2 aromatic rings. The first-order valence-corrected chi connectivity index (χ1v) is 8.30. The van der Waals surface area contributed by atoms with Gasteiger partial charge in [-0.2, -0.15) is 0 Å². The van der Waals surface area contributed by atoms with Crippen LogP contribution in [0.3, 0.4) is 0 Å². The van der Waals surface area contributed by atoms with E-state index in [4.69, 9.17) is 5.11 Å². The van der Waals surface area contributed by atoms with Gasteiger partial charge in [0.25, 0.3) is 10.0 Å². The standard InChI is InChI=1S/C14H13BrFNO3S/c1-9-12(15)3-2-4-14(9)17-21(19,20)11-5-6-13(16)10(7-11)8-18/h2-7,17-18H,8H2,1H3. The molecule has 0 unspecified atom stereocenters. The van der Waals surface area contributed by atoms with Gasteiger partial charge in [-0.05, 0) is 42.8 Å². The van der Waals surface area contributed by atoms with Crippen molar-refractivity contribution in [2.45, 2.75) is 18.4 Å². The Balaban J connectivity index is 2.41. The fourth-order valence-electron chi connectivity index (χ4n) is 1.76. The summed E-state index contributed by atoms with van der Waals surface area (Å²) in [5.74, 6) is -0.643. The van der Waals surface area contributed by atoms with Gasteiger partial charge in [0.2, 0.25) is 0 Å². The van der Waals surface area contributed by atoms with Crippen LogP contribution in [-0.4, -0.2) is 13.5 Å². The van der Waals surface area contributed by atoms with Gasteiger partial charge in [0, 0.05) is 10.0 Å². The first-order valence-electron chi connectivity index (χ1n) is 6.02. The van der Waals surface area contributed by atoms with Crippen LogP contribution in [0.4, 0.5) is 10.1 Å². The molecule has 4 nitrogen and oxygen atoms in total. The average molecular weight is 374 g/mol. The lowest BCUT2D eigenvalue weighted by molar-refractivity contribution is 0.275. The van der Waals surface area contributed by atoms with Gasteiger partial charge in [-0.3, -0.25) is 4.72 Å². The fourth-order valence-corrected chi connectivity index (χ4v) is 3.30. The molecule has 2 aromatic carbocycles. The number of anilines is 1. The number of sulfonamides is 1. The minimum atomic E-state index is -3.85. The lowest BCUT2D eigenvalue weighted by Crippen LogP contribution is -2.14.